The molecule has 0 aliphatic carbocycles. The fourth-order valence-corrected chi connectivity index (χ4v) is 2.53. The Balaban J connectivity index is 1.93. The largest absolute Gasteiger partial charge is 0.402 e. The quantitative estimate of drug-likeness (QED) is 0.541. The van der Waals surface area contributed by atoms with Crippen LogP contribution < -0.4 is 0 Å². The maximum atomic E-state index is 11.9. The number of benzene rings is 2. The van der Waals surface area contributed by atoms with Crippen molar-refractivity contribution in [3.63, 3.8) is 0 Å². The van der Waals surface area contributed by atoms with Crippen molar-refractivity contribution < 1.29 is 9.53 Å². The Morgan fingerprint density at radius 1 is 1.00 bits per heavy atom. The number of nitrogens with zero attached hydrogens (tertiary/aromatic N) is 1. The molecule has 21 heavy (non-hydrogen) atoms. The molecular formula is C16H9Br2NO2. The van der Waals surface area contributed by atoms with Crippen molar-refractivity contribution in [3.05, 3.63) is 74.3 Å². The molecule has 2 aromatic carbocycles. The van der Waals surface area contributed by atoms with E-state index in [9.17, 15) is 4.79 Å². The summed E-state index contributed by atoms with van der Waals surface area (Å²) in [7, 11) is 0. The fourth-order valence-electron chi connectivity index (χ4n) is 1.87. The van der Waals surface area contributed by atoms with E-state index in [0.29, 0.717) is 11.6 Å². The van der Waals surface area contributed by atoms with Crippen LogP contribution in [0.25, 0.3) is 6.08 Å². The Morgan fingerprint density at radius 2 is 1.76 bits per heavy atom. The van der Waals surface area contributed by atoms with E-state index in [1.54, 1.807) is 6.08 Å². The van der Waals surface area contributed by atoms with Crippen LogP contribution in [-0.2, 0) is 9.53 Å². The third-order valence-electron chi connectivity index (χ3n) is 2.87. The van der Waals surface area contributed by atoms with Crippen LogP contribution in [0.5, 0.6) is 0 Å². The minimum absolute atomic E-state index is 0.298. The van der Waals surface area contributed by atoms with Crippen LogP contribution in [0, 0.1) is 0 Å². The number of aliphatic imine (C=N–C) groups is 1. The molecule has 0 radical (unpaired) electrons. The molecule has 0 aromatic heterocycles. The first kappa shape index (κ1) is 14.2. The van der Waals surface area contributed by atoms with E-state index in [1.807, 2.05) is 48.5 Å². The molecule has 0 bridgehead atoms. The van der Waals surface area contributed by atoms with Crippen LogP contribution >= 0.6 is 31.9 Å². The van der Waals surface area contributed by atoms with Crippen LogP contribution in [0.4, 0.5) is 0 Å². The molecule has 3 nitrogen and oxygen atoms in total. The smallest absolute Gasteiger partial charge is 0.363 e. The average molecular weight is 407 g/mol. The van der Waals surface area contributed by atoms with Crippen LogP contribution in [0.3, 0.4) is 0 Å². The topological polar surface area (TPSA) is 38.7 Å². The highest BCUT2D eigenvalue weighted by Gasteiger charge is 2.24. The normalized spacial score (nSPS) is 16.0. The van der Waals surface area contributed by atoms with Gasteiger partial charge in [-0.05, 0) is 42.0 Å². The zero-order valence-electron chi connectivity index (χ0n) is 10.7. The van der Waals surface area contributed by atoms with Crippen molar-refractivity contribution in [2.75, 3.05) is 0 Å². The van der Waals surface area contributed by atoms with Crippen LogP contribution in [-0.4, -0.2) is 11.9 Å². The molecule has 1 aliphatic rings. The molecule has 0 atom stereocenters. The Labute approximate surface area is 138 Å². The Morgan fingerprint density at radius 3 is 2.48 bits per heavy atom. The summed E-state index contributed by atoms with van der Waals surface area (Å²) in [4.78, 5) is 16.2. The lowest BCUT2D eigenvalue weighted by Crippen LogP contribution is -2.05. The SMILES string of the molecule is O=C1OC(c2cccc(Br)c2)=N/C1=C\c1ccc(Br)cc1. The highest BCUT2D eigenvalue weighted by Crippen LogP contribution is 2.21. The zero-order valence-corrected chi connectivity index (χ0v) is 13.9. The molecule has 1 heterocycles. The number of cyclic esters (lactones) is 1. The Bertz CT molecular complexity index is 764. The summed E-state index contributed by atoms with van der Waals surface area (Å²) in [5.41, 5.74) is 1.95. The van der Waals surface area contributed by atoms with Gasteiger partial charge in [0.05, 0.1) is 0 Å². The Kier molecular flexibility index (Phi) is 4.03. The third kappa shape index (κ3) is 3.31. The van der Waals surface area contributed by atoms with Gasteiger partial charge in [-0.2, -0.15) is 0 Å². The third-order valence-corrected chi connectivity index (χ3v) is 3.89. The number of carbonyl (C=O) groups excluding carboxylic acids is 1. The lowest BCUT2D eigenvalue weighted by Gasteiger charge is -1.99. The molecule has 0 N–H and O–H groups in total. The first-order valence-corrected chi connectivity index (χ1v) is 7.74. The van der Waals surface area contributed by atoms with Crippen molar-refractivity contribution in [1.29, 1.82) is 0 Å². The molecular weight excluding hydrogens is 398 g/mol. The molecule has 2 aromatic rings. The summed E-state index contributed by atoms with van der Waals surface area (Å²) < 4.78 is 7.11. The molecule has 104 valence electrons. The molecule has 0 amide bonds. The van der Waals surface area contributed by atoms with E-state index >= 15 is 0 Å². The van der Waals surface area contributed by atoms with E-state index < -0.39 is 5.97 Å². The number of ether oxygens (including phenoxy) is 1. The number of halogens is 2. The first-order chi connectivity index (χ1) is 10.1. The van der Waals surface area contributed by atoms with E-state index in [1.165, 1.54) is 0 Å². The number of carbonyl (C=O) groups is 1. The molecule has 5 heteroatoms. The van der Waals surface area contributed by atoms with Gasteiger partial charge in [0.1, 0.15) is 0 Å². The van der Waals surface area contributed by atoms with Gasteiger partial charge in [-0.3, -0.25) is 0 Å². The summed E-state index contributed by atoms with van der Waals surface area (Å²) >= 11 is 6.76. The van der Waals surface area contributed by atoms with Crippen molar-refractivity contribution in [3.8, 4) is 0 Å². The lowest BCUT2D eigenvalue weighted by molar-refractivity contribution is -0.129. The second-order valence-electron chi connectivity index (χ2n) is 4.40. The highest BCUT2D eigenvalue weighted by molar-refractivity contribution is 9.10. The molecule has 3 rings (SSSR count). The van der Waals surface area contributed by atoms with Gasteiger partial charge in [0.2, 0.25) is 5.90 Å². The lowest BCUT2D eigenvalue weighted by atomic mass is 10.2. The summed E-state index contributed by atoms with van der Waals surface area (Å²) in [5.74, 6) is -0.113. The predicted octanol–water partition coefficient (Wildman–Crippen LogP) is 4.56. The van der Waals surface area contributed by atoms with Gasteiger partial charge in [-0.15, -0.1) is 0 Å². The van der Waals surface area contributed by atoms with E-state index in [4.69, 9.17) is 4.74 Å². The van der Waals surface area contributed by atoms with Crippen LogP contribution in [0.2, 0.25) is 0 Å². The van der Waals surface area contributed by atoms with Crippen molar-refractivity contribution in [2.24, 2.45) is 4.99 Å². The molecule has 0 saturated carbocycles. The minimum Gasteiger partial charge on any atom is -0.402 e. The van der Waals surface area contributed by atoms with Gasteiger partial charge in [0.15, 0.2) is 5.70 Å². The number of rotatable bonds is 2. The summed E-state index contributed by atoms with van der Waals surface area (Å²) in [6.07, 6.45) is 1.71. The summed E-state index contributed by atoms with van der Waals surface area (Å²) in [5, 5.41) is 0. The number of esters is 1. The van der Waals surface area contributed by atoms with Gasteiger partial charge in [-0.1, -0.05) is 50.1 Å². The number of hydrogen-bond donors (Lipinski definition) is 0. The van der Waals surface area contributed by atoms with E-state index in [2.05, 4.69) is 36.9 Å². The highest BCUT2D eigenvalue weighted by atomic mass is 79.9. The second kappa shape index (κ2) is 5.95. The van der Waals surface area contributed by atoms with Crippen molar-refractivity contribution in [1.82, 2.24) is 0 Å². The minimum atomic E-state index is -0.437. The predicted molar refractivity (Wildman–Crippen MR) is 88.9 cm³/mol. The monoisotopic (exact) mass is 405 g/mol. The van der Waals surface area contributed by atoms with Gasteiger partial charge in [-0.25, -0.2) is 9.79 Å². The van der Waals surface area contributed by atoms with Gasteiger partial charge < -0.3 is 4.74 Å². The second-order valence-corrected chi connectivity index (χ2v) is 6.23. The molecule has 0 fully saturated rings. The Hall–Kier alpha value is -1.72. The molecule has 0 unspecified atom stereocenters. The summed E-state index contributed by atoms with van der Waals surface area (Å²) in [6, 6.07) is 15.1. The van der Waals surface area contributed by atoms with Gasteiger partial charge in [0, 0.05) is 14.5 Å². The standard InChI is InChI=1S/C16H9Br2NO2/c17-12-6-4-10(5-7-12)8-14-16(20)21-15(19-14)11-2-1-3-13(18)9-11/h1-9H/b14-8-. The van der Waals surface area contributed by atoms with Crippen molar-refractivity contribution >= 4 is 49.8 Å². The van der Waals surface area contributed by atoms with Gasteiger partial charge in [0.25, 0.3) is 0 Å². The van der Waals surface area contributed by atoms with E-state index in [-0.39, 0.29) is 0 Å². The number of hydrogen-bond acceptors (Lipinski definition) is 3. The van der Waals surface area contributed by atoms with Crippen molar-refractivity contribution in [2.45, 2.75) is 0 Å². The van der Waals surface area contributed by atoms with Crippen LogP contribution in [0.1, 0.15) is 11.1 Å². The molecule has 1 aliphatic heterocycles. The fraction of sp³-hybridized carbons (Fsp3) is 0. The summed E-state index contributed by atoms with van der Waals surface area (Å²) in [6.45, 7) is 0. The molecule has 0 saturated heterocycles. The maximum absolute atomic E-state index is 11.9. The molecule has 0 spiro atoms. The maximum Gasteiger partial charge on any atom is 0.363 e. The first-order valence-electron chi connectivity index (χ1n) is 6.16. The van der Waals surface area contributed by atoms with Crippen LogP contribution in [0.15, 0.2) is 68.2 Å². The van der Waals surface area contributed by atoms with E-state index in [0.717, 1.165) is 20.1 Å². The van der Waals surface area contributed by atoms with Gasteiger partial charge >= 0.3 is 5.97 Å². The zero-order chi connectivity index (χ0) is 14.8. The average Bonchev–Trinajstić information content (AvgIpc) is 2.83.